The molecule has 2 aliphatic heterocycles. The Kier molecular flexibility index (Phi) is 7.84. The molecule has 0 atom stereocenters. The van der Waals surface area contributed by atoms with Gasteiger partial charge < -0.3 is 14.5 Å². The molecule has 2 aliphatic rings. The smallest absolute Gasteiger partial charge is 0.152 e. The second-order valence-electron chi connectivity index (χ2n) is 15.8. The van der Waals surface area contributed by atoms with Crippen LogP contribution in [0, 0.1) is 0 Å². The summed E-state index contributed by atoms with van der Waals surface area (Å²) in [6.45, 7) is 4.71. The first kappa shape index (κ1) is 33.9. The van der Waals surface area contributed by atoms with Crippen molar-refractivity contribution < 1.29 is 4.74 Å². The molecule has 0 N–H and O–H groups in total. The number of hydrogen-bond acceptors (Lipinski definition) is 3. The molecular weight excluding hydrogens is 705 g/mol. The molecule has 3 heteroatoms. The Bertz CT molecular complexity index is 2970. The van der Waals surface area contributed by atoms with Gasteiger partial charge in [0, 0.05) is 27.9 Å². The molecule has 9 aromatic rings. The van der Waals surface area contributed by atoms with E-state index in [-0.39, 0.29) is 5.41 Å². The van der Waals surface area contributed by atoms with Crippen molar-refractivity contribution in [3.63, 3.8) is 0 Å². The van der Waals surface area contributed by atoms with Crippen LogP contribution in [0.5, 0.6) is 11.5 Å². The molecule has 58 heavy (non-hydrogen) atoms. The summed E-state index contributed by atoms with van der Waals surface area (Å²) in [5.41, 5.74) is 16.2. The zero-order valence-corrected chi connectivity index (χ0v) is 32.4. The summed E-state index contributed by atoms with van der Waals surface area (Å²) < 4.78 is 6.77. The largest absolute Gasteiger partial charge is 0.453 e. The number of benzene rings is 9. The van der Waals surface area contributed by atoms with Crippen LogP contribution in [0.1, 0.15) is 25.0 Å². The van der Waals surface area contributed by atoms with E-state index in [0.29, 0.717) is 0 Å². The van der Waals surface area contributed by atoms with Gasteiger partial charge in [-0.25, -0.2) is 0 Å². The lowest BCUT2D eigenvalue weighted by Crippen LogP contribution is -2.33. The molecule has 0 aromatic heterocycles. The van der Waals surface area contributed by atoms with Crippen LogP contribution in [-0.4, -0.2) is 0 Å². The molecular formula is C55H40N2O. The Morgan fingerprint density at radius 3 is 1.60 bits per heavy atom. The molecule has 0 spiro atoms. The van der Waals surface area contributed by atoms with Gasteiger partial charge in [0.1, 0.15) is 0 Å². The first-order chi connectivity index (χ1) is 28.5. The highest BCUT2D eigenvalue weighted by Gasteiger charge is 2.43. The monoisotopic (exact) mass is 744 g/mol. The van der Waals surface area contributed by atoms with Gasteiger partial charge in [-0.1, -0.05) is 166 Å². The zero-order valence-electron chi connectivity index (χ0n) is 32.4. The highest BCUT2D eigenvalue weighted by atomic mass is 16.5. The number of fused-ring (bicyclic) bond motifs is 6. The molecule has 11 rings (SSSR count). The predicted molar refractivity (Wildman–Crippen MR) is 242 cm³/mol. The summed E-state index contributed by atoms with van der Waals surface area (Å²) in [6.07, 6.45) is 0. The van der Waals surface area contributed by atoms with Gasteiger partial charge in [0.2, 0.25) is 0 Å². The van der Waals surface area contributed by atoms with Crippen molar-refractivity contribution in [2.75, 3.05) is 9.80 Å². The Morgan fingerprint density at radius 1 is 0.414 bits per heavy atom. The molecule has 0 saturated carbocycles. The van der Waals surface area contributed by atoms with Crippen molar-refractivity contribution in [3.8, 4) is 44.9 Å². The SMILES string of the molecule is CC1(C)c2ccccc2N2c3c(ccc(-c4ccc(-c5ccc(N(c6ccccc6)c6ccc(-c7ccccc7)cc6)cc5)cc4)c31)Oc1ccc3ccccc3c12. The van der Waals surface area contributed by atoms with Crippen LogP contribution in [0.2, 0.25) is 0 Å². The van der Waals surface area contributed by atoms with E-state index < -0.39 is 0 Å². The zero-order chi connectivity index (χ0) is 38.8. The van der Waals surface area contributed by atoms with E-state index in [1.54, 1.807) is 0 Å². The minimum absolute atomic E-state index is 0.278. The number of para-hydroxylation sites is 2. The summed E-state index contributed by atoms with van der Waals surface area (Å²) in [7, 11) is 0. The molecule has 0 bridgehead atoms. The number of anilines is 6. The normalized spacial score (nSPS) is 13.2. The van der Waals surface area contributed by atoms with E-state index in [1.165, 1.54) is 61.0 Å². The Labute approximate surface area is 339 Å². The maximum atomic E-state index is 6.77. The van der Waals surface area contributed by atoms with E-state index in [4.69, 9.17) is 4.74 Å². The summed E-state index contributed by atoms with van der Waals surface area (Å²) in [4.78, 5) is 4.78. The number of ether oxygens (including phenoxy) is 1. The fraction of sp³-hybridized carbons (Fsp3) is 0.0545. The number of rotatable bonds is 6. The van der Waals surface area contributed by atoms with Gasteiger partial charge in [0.05, 0.1) is 17.1 Å². The average Bonchev–Trinajstić information content (AvgIpc) is 3.29. The Morgan fingerprint density at radius 2 is 0.914 bits per heavy atom. The van der Waals surface area contributed by atoms with Gasteiger partial charge in [-0.3, -0.25) is 0 Å². The van der Waals surface area contributed by atoms with Gasteiger partial charge in [-0.05, 0) is 104 Å². The minimum Gasteiger partial charge on any atom is -0.453 e. The fourth-order valence-corrected chi connectivity index (χ4v) is 9.20. The second kappa shape index (κ2) is 13.4. The van der Waals surface area contributed by atoms with Crippen LogP contribution in [0.3, 0.4) is 0 Å². The summed E-state index contributed by atoms with van der Waals surface area (Å²) in [6, 6.07) is 74.1. The Balaban J connectivity index is 0.957. The molecule has 0 fully saturated rings. The maximum absolute atomic E-state index is 6.77. The first-order valence-electron chi connectivity index (χ1n) is 20.0. The van der Waals surface area contributed by atoms with E-state index >= 15 is 0 Å². The summed E-state index contributed by atoms with van der Waals surface area (Å²) in [5.74, 6) is 1.76. The topological polar surface area (TPSA) is 15.7 Å². The lowest BCUT2D eigenvalue weighted by atomic mass is 9.70. The van der Waals surface area contributed by atoms with E-state index in [9.17, 15) is 0 Å². The van der Waals surface area contributed by atoms with Crippen LogP contribution in [0.25, 0.3) is 44.2 Å². The van der Waals surface area contributed by atoms with Crippen molar-refractivity contribution >= 4 is 44.9 Å². The molecule has 9 aromatic carbocycles. The third kappa shape index (κ3) is 5.43. The lowest BCUT2D eigenvalue weighted by Gasteiger charge is -2.46. The lowest BCUT2D eigenvalue weighted by molar-refractivity contribution is 0.472. The van der Waals surface area contributed by atoms with E-state index in [1.807, 2.05) is 0 Å². The van der Waals surface area contributed by atoms with Crippen molar-refractivity contribution in [3.05, 3.63) is 217 Å². The van der Waals surface area contributed by atoms with Crippen LogP contribution in [0.4, 0.5) is 34.1 Å². The second-order valence-corrected chi connectivity index (χ2v) is 15.8. The molecule has 2 heterocycles. The maximum Gasteiger partial charge on any atom is 0.152 e. The Hall–Kier alpha value is -7.36. The molecule has 0 saturated heterocycles. The highest BCUT2D eigenvalue weighted by Crippen LogP contribution is 2.62. The van der Waals surface area contributed by atoms with Gasteiger partial charge >= 0.3 is 0 Å². The first-order valence-corrected chi connectivity index (χ1v) is 20.0. The van der Waals surface area contributed by atoms with Gasteiger partial charge in [-0.2, -0.15) is 0 Å². The van der Waals surface area contributed by atoms with E-state index in [0.717, 1.165) is 39.9 Å². The van der Waals surface area contributed by atoms with Crippen LogP contribution in [0.15, 0.2) is 206 Å². The molecule has 276 valence electrons. The number of nitrogens with zero attached hydrogens (tertiary/aromatic N) is 2. The van der Waals surface area contributed by atoms with Gasteiger partial charge in [0.15, 0.2) is 11.5 Å². The van der Waals surface area contributed by atoms with E-state index in [2.05, 4.69) is 230 Å². The van der Waals surface area contributed by atoms with Gasteiger partial charge in [0.25, 0.3) is 0 Å². The van der Waals surface area contributed by atoms with Crippen molar-refractivity contribution in [1.82, 2.24) is 0 Å². The molecule has 3 nitrogen and oxygen atoms in total. The van der Waals surface area contributed by atoms with Crippen LogP contribution < -0.4 is 14.5 Å². The fourth-order valence-electron chi connectivity index (χ4n) is 9.20. The third-order valence-electron chi connectivity index (χ3n) is 12.0. The molecule has 0 amide bonds. The quantitative estimate of drug-likeness (QED) is 0.169. The van der Waals surface area contributed by atoms with Crippen LogP contribution >= 0.6 is 0 Å². The molecule has 0 aliphatic carbocycles. The van der Waals surface area contributed by atoms with Crippen LogP contribution in [-0.2, 0) is 5.41 Å². The minimum atomic E-state index is -0.278. The standard InChI is InChI=1S/C55H40N2O/c1-55(2)48-19-11-12-20-49(48)57-53-47-18-10-9-15-41(47)29-35-50(53)58-51-36-34-46(52(55)54(51)57)42-23-21-38(22-24-42)40-27-32-45(33-28-40)56(43-16-7-4-8-17-43)44-30-25-39(26-31-44)37-13-5-3-6-14-37/h3-36H,1-2H3. The summed E-state index contributed by atoms with van der Waals surface area (Å²) in [5, 5.41) is 2.38. The van der Waals surface area contributed by atoms with Crippen molar-refractivity contribution in [2.24, 2.45) is 0 Å². The third-order valence-corrected chi connectivity index (χ3v) is 12.0. The van der Waals surface area contributed by atoms with Crippen molar-refractivity contribution in [2.45, 2.75) is 19.3 Å². The van der Waals surface area contributed by atoms with Crippen molar-refractivity contribution in [1.29, 1.82) is 0 Å². The number of hydrogen-bond donors (Lipinski definition) is 0. The molecule has 0 unspecified atom stereocenters. The predicted octanol–water partition coefficient (Wildman–Crippen LogP) is 15.5. The average molecular weight is 745 g/mol. The summed E-state index contributed by atoms with van der Waals surface area (Å²) >= 11 is 0. The van der Waals surface area contributed by atoms with Gasteiger partial charge in [-0.15, -0.1) is 0 Å². The highest BCUT2D eigenvalue weighted by molar-refractivity contribution is 6.07. The molecule has 0 radical (unpaired) electrons.